The first-order chi connectivity index (χ1) is 9.86. The van der Waals surface area contributed by atoms with Gasteiger partial charge in [0.1, 0.15) is 0 Å². The summed E-state index contributed by atoms with van der Waals surface area (Å²) in [6.45, 7) is 2.25. The Hall–Kier alpha value is -2.02. The second kappa shape index (κ2) is 5.96. The number of unbranched alkanes of at least 4 members (excludes halogenated alkanes) is 2. The largest absolute Gasteiger partial charge is 0.355 e. The van der Waals surface area contributed by atoms with Crippen molar-refractivity contribution >= 4 is 10.9 Å². The van der Waals surface area contributed by atoms with E-state index in [2.05, 4.69) is 66.5 Å². The molecule has 0 spiro atoms. The van der Waals surface area contributed by atoms with Crippen LogP contribution in [0.4, 0.5) is 0 Å². The molecule has 0 aliphatic rings. The highest BCUT2D eigenvalue weighted by atomic mass is 14.7. The van der Waals surface area contributed by atoms with Crippen LogP contribution in [0, 0.1) is 0 Å². The van der Waals surface area contributed by atoms with Gasteiger partial charge in [-0.15, -0.1) is 0 Å². The highest BCUT2D eigenvalue weighted by Crippen LogP contribution is 2.24. The van der Waals surface area contributed by atoms with Crippen LogP contribution in [-0.4, -0.2) is 4.98 Å². The molecule has 0 saturated heterocycles. The molecular weight excluding hydrogens is 242 g/mol. The number of fused-ring (bicyclic) bond motifs is 1. The van der Waals surface area contributed by atoms with E-state index in [4.69, 9.17) is 0 Å². The maximum absolute atomic E-state index is 3.48. The summed E-state index contributed by atoms with van der Waals surface area (Å²) in [5.41, 5.74) is 5.11. The summed E-state index contributed by atoms with van der Waals surface area (Å²) in [7, 11) is 0. The van der Waals surface area contributed by atoms with E-state index < -0.39 is 0 Å². The lowest BCUT2D eigenvalue weighted by molar-refractivity contribution is 0.717. The van der Waals surface area contributed by atoms with Crippen molar-refractivity contribution < 1.29 is 0 Å². The van der Waals surface area contributed by atoms with Gasteiger partial charge in [-0.2, -0.15) is 0 Å². The highest BCUT2D eigenvalue weighted by molar-refractivity contribution is 5.85. The number of aryl methyl sites for hydroxylation is 1. The first-order valence-corrected chi connectivity index (χ1v) is 7.54. The van der Waals surface area contributed by atoms with Gasteiger partial charge in [-0.05, 0) is 36.1 Å². The molecule has 0 fully saturated rings. The molecule has 2 aromatic carbocycles. The number of hydrogen-bond acceptors (Lipinski definition) is 0. The van der Waals surface area contributed by atoms with Crippen LogP contribution in [0.25, 0.3) is 22.2 Å². The van der Waals surface area contributed by atoms with E-state index in [0.29, 0.717) is 0 Å². The number of para-hydroxylation sites is 1. The number of H-pyrrole nitrogens is 1. The Morgan fingerprint density at radius 3 is 2.45 bits per heavy atom. The molecule has 1 aromatic heterocycles. The van der Waals surface area contributed by atoms with Gasteiger partial charge < -0.3 is 4.98 Å². The second-order valence-corrected chi connectivity index (χ2v) is 5.42. The van der Waals surface area contributed by atoms with Crippen LogP contribution in [0.3, 0.4) is 0 Å². The Kier molecular flexibility index (Phi) is 3.87. The maximum atomic E-state index is 3.48. The third-order valence-corrected chi connectivity index (χ3v) is 3.86. The maximum Gasteiger partial charge on any atom is 0.0464 e. The van der Waals surface area contributed by atoms with Gasteiger partial charge in [-0.1, -0.05) is 62.2 Å². The Morgan fingerprint density at radius 2 is 1.70 bits per heavy atom. The molecule has 102 valence electrons. The molecule has 1 heteroatoms. The van der Waals surface area contributed by atoms with Crippen molar-refractivity contribution in [1.29, 1.82) is 0 Å². The molecule has 0 amide bonds. The Bertz CT molecular complexity index is 643. The van der Waals surface area contributed by atoms with E-state index in [1.165, 1.54) is 53.4 Å². The molecule has 1 N–H and O–H groups in total. The lowest BCUT2D eigenvalue weighted by Gasteiger charge is -2.02. The van der Waals surface area contributed by atoms with Crippen molar-refractivity contribution in [3.05, 3.63) is 60.2 Å². The lowest BCUT2D eigenvalue weighted by Crippen LogP contribution is -1.85. The smallest absolute Gasteiger partial charge is 0.0464 e. The number of benzene rings is 2. The van der Waals surface area contributed by atoms with Crippen LogP contribution in [0.15, 0.2) is 54.6 Å². The van der Waals surface area contributed by atoms with Crippen LogP contribution in [0.2, 0.25) is 0 Å². The average Bonchev–Trinajstić information content (AvgIpc) is 2.92. The predicted molar refractivity (Wildman–Crippen MR) is 87.0 cm³/mol. The first kappa shape index (κ1) is 13.0. The average molecular weight is 263 g/mol. The third-order valence-electron chi connectivity index (χ3n) is 3.86. The van der Waals surface area contributed by atoms with Crippen LogP contribution in [0.5, 0.6) is 0 Å². The van der Waals surface area contributed by atoms with E-state index in [9.17, 15) is 0 Å². The fourth-order valence-corrected chi connectivity index (χ4v) is 2.66. The summed E-state index contributed by atoms with van der Waals surface area (Å²) in [6, 6.07) is 19.6. The van der Waals surface area contributed by atoms with Crippen LogP contribution in [0.1, 0.15) is 31.7 Å². The number of aromatic amines is 1. The minimum Gasteiger partial charge on any atom is -0.355 e. The van der Waals surface area contributed by atoms with E-state index >= 15 is 0 Å². The van der Waals surface area contributed by atoms with Gasteiger partial charge in [0.05, 0.1) is 0 Å². The second-order valence-electron chi connectivity index (χ2n) is 5.42. The predicted octanol–water partition coefficient (Wildman–Crippen LogP) is 5.57. The topological polar surface area (TPSA) is 15.8 Å². The fourth-order valence-electron chi connectivity index (χ4n) is 2.66. The van der Waals surface area contributed by atoms with Crippen molar-refractivity contribution in [3.63, 3.8) is 0 Å². The van der Waals surface area contributed by atoms with E-state index in [1.54, 1.807) is 0 Å². The van der Waals surface area contributed by atoms with Crippen LogP contribution in [-0.2, 0) is 6.42 Å². The van der Waals surface area contributed by atoms with Crippen molar-refractivity contribution in [2.75, 3.05) is 0 Å². The van der Waals surface area contributed by atoms with Gasteiger partial charge in [-0.25, -0.2) is 0 Å². The normalized spacial score (nSPS) is 11.1. The first-order valence-electron chi connectivity index (χ1n) is 7.54. The highest BCUT2D eigenvalue weighted by Gasteiger charge is 2.02. The number of hydrogen-bond donors (Lipinski definition) is 1. The standard InChI is InChI=1S/C19H21N/c1-2-3-4-7-15-10-12-16(13-11-15)19-14-17-8-5-6-9-18(17)20-19/h5-6,8-14,20H,2-4,7H2,1H3. The monoisotopic (exact) mass is 263 g/mol. The van der Waals surface area contributed by atoms with Crippen molar-refractivity contribution in [2.45, 2.75) is 32.6 Å². The molecule has 0 bridgehead atoms. The molecule has 1 heterocycles. The molecule has 3 rings (SSSR count). The van der Waals surface area contributed by atoms with Gasteiger partial charge in [0.15, 0.2) is 0 Å². The van der Waals surface area contributed by atoms with Crippen LogP contribution < -0.4 is 0 Å². The van der Waals surface area contributed by atoms with Gasteiger partial charge in [0.2, 0.25) is 0 Å². The van der Waals surface area contributed by atoms with Gasteiger partial charge >= 0.3 is 0 Å². The SMILES string of the molecule is CCCCCc1ccc(-c2cc3ccccc3[nH]2)cc1. The zero-order valence-corrected chi connectivity index (χ0v) is 12.0. The van der Waals surface area contributed by atoms with Gasteiger partial charge in [-0.3, -0.25) is 0 Å². The molecule has 1 nitrogen and oxygen atoms in total. The summed E-state index contributed by atoms with van der Waals surface area (Å²) < 4.78 is 0. The summed E-state index contributed by atoms with van der Waals surface area (Å²) in [6.07, 6.45) is 5.10. The number of nitrogens with one attached hydrogen (secondary N) is 1. The Morgan fingerprint density at radius 1 is 0.900 bits per heavy atom. The summed E-state index contributed by atoms with van der Waals surface area (Å²) in [5.74, 6) is 0. The van der Waals surface area contributed by atoms with Gasteiger partial charge in [0.25, 0.3) is 0 Å². The number of rotatable bonds is 5. The van der Waals surface area contributed by atoms with Crippen molar-refractivity contribution in [2.24, 2.45) is 0 Å². The minimum absolute atomic E-state index is 1.20. The zero-order chi connectivity index (χ0) is 13.8. The summed E-state index contributed by atoms with van der Waals surface area (Å²) >= 11 is 0. The minimum atomic E-state index is 1.20. The summed E-state index contributed by atoms with van der Waals surface area (Å²) in [5, 5.41) is 1.27. The molecular formula is C19H21N. The lowest BCUT2D eigenvalue weighted by atomic mass is 10.0. The third kappa shape index (κ3) is 2.77. The fraction of sp³-hybridized carbons (Fsp3) is 0.263. The van der Waals surface area contributed by atoms with Crippen LogP contribution >= 0.6 is 0 Å². The van der Waals surface area contributed by atoms with E-state index in [0.717, 1.165) is 0 Å². The van der Waals surface area contributed by atoms with Crippen molar-refractivity contribution in [3.8, 4) is 11.3 Å². The van der Waals surface area contributed by atoms with E-state index in [1.807, 2.05) is 0 Å². The van der Waals surface area contributed by atoms with E-state index in [-0.39, 0.29) is 0 Å². The molecule has 0 atom stereocenters. The van der Waals surface area contributed by atoms with Gasteiger partial charge in [0, 0.05) is 16.6 Å². The molecule has 0 aliphatic carbocycles. The summed E-state index contributed by atoms with van der Waals surface area (Å²) in [4.78, 5) is 3.48. The Labute approximate surface area is 120 Å². The number of aromatic nitrogens is 1. The molecule has 0 unspecified atom stereocenters. The molecule has 0 radical (unpaired) electrons. The molecule has 0 aliphatic heterocycles. The molecule has 3 aromatic rings. The molecule has 20 heavy (non-hydrogen) atoms. The zero-order valence-electron chi connectivity index (χ0n) is 12.0. The van der Waals surface area contributed by atoms with Crippen molar-refractivity contribution in [1.82, 2.24) is 4.98 Å². The quantitative estimate of drug-likeness (QED) is 0.579. The Balaban J connectivity index is 1.79. The molecule has 0 saturated carbocycles.